The van der Waals surface area contributed by atoms with Crippen LogP contribution in [0.15, 0.2) is 0 Å². The van der Waals surface area contributed by atoms with Gasteiger partial charge in [0.15, 0.2) is 0 Å². The van der Waals surface area contributed by atoms with Crippen LogP contribution in [0.1, 0.15) is 40.5 Å². The van der Waals surface area contributed by atoms with E-state index in [-0.39, 0.29) is 6.04 Å². The summed E-state index contributed by atoms with van der Waals surface area (Å²) in [6, 6.07) is 0.823. The Labute approximate surface area is 118 Å². The van der Waals surface area contributed by atoms with Crippen molar-refractivity contribution in [1.29, 1.82) is 0 Å². The Kier molecular flexibility index (Phi) is 6.23. The van der Waals surface area contributed by atoms with Gasteiger partial charge in [-0.3, -0.25) is 0 Å². The number of likely N-dealkylation sites (tertiary alicyclic amines) is 1. The lowest BCUT2D eigenvalue weighted by molar-refractivity contribution is 0.178. The number of rotatable bonds is 6. The minimum atomic E-state index is -3.23. The minimum Gasteiger partial charge on any atom is -0.313 e. The second kappa shape index (κ2) is 7.02. The summed E-state index contributed by atoms with van der Waals surface area (Å²) >= 11 is 0. The Morgan fingerprint density at radius 3 is 2.47 bits per heavy atom. The van der Waals surface area contributed by atoms with Gasteiger partial charge in [-0.25, -0.2) is 13.1 Å². The molecule has 2 N–H and O–H groups in total. The van der Waals surface area contributed by atoms with Crippen LogP contribution in [0.4, 0.5) is 0 Å². The Hall–Kier alpha value is -0.170. The first-order valence-corrected chi connectivity index (χ1v) is 8.71. The molecule has 1 fully saturated rings. The fourth-order valence-corrected chi connectivity index (χ4v) is 3.48. The molecule has 5 nitrogen and oxygen atoms in total. The van der Waals surface area contributed by atoms with E-state index in [1.165, 1.54) is 0 Å². The van der Waals surface area contributed by atoms with Gasteiger partial charge < -0.3 is 10.2 Å². The maximum Gasteiger partial charge on any atom is 0.215 e. The van der Waals surface area contributed by atoms with E-state index in [9.17, 15) is 8.42 Å². The maximum absolute atomic E-state index is 12.2. The zero-order valence-electron chi connectivity index (χ0n) is 12.8. The molecule has 0 aromatic carbocycles. The standard InChI is InChI=1S/C13H29N3O2S/c1-10(2)14-9-12(4)19(17,18)15-13-6-7-16(5)11(3)8-13/h10-15H,6-9H2,1-5H3. The van der Waals surface area contributed by atoms with E-state index in [1.54, 1.807) is 6.92 Å². The summed E-state index contributed by atoms with van der Waals surface area (Å²) in [6.45, 7) is 9.39. The molecule has 114 valence electrons. The van der Waals surface area contributed by atoms with Gasteiger partial charge in [0.1, 0.15) is 0 Å². The van der Waals surface area contributed by atoms with E-state index >= 15 is 0 Å². The van der Waals surface area contributed by atoms with Crippen molar-refractivity contribution in [2.45, 2.75) is 63.9 Å². The number of sulfonamides is 1. The molecular formula is C13H29N3O2S. The van der Waals surface area contributed by atoms with E-state index in [4.69, 9.17) is 0 Å². The largest absolute Gasteiger partial charge is 0.313 e. The zero-order chi connectivity index (χ0) is 14.6. The molecule has 1 heterocycles. The van der Waals surface area contributed by atoms with E-state index in [2.05, 4.69) is 28.9 Å². The van der Waals surface area contributed by atoms with Gasteiger partial charge in [-0.2, -0.15) is 0 Å². The van der Waals surface area contributed by atoms with Crippen molar-refractivity contribution in [3.05, 3.63) is 0 Å². The van der Waals surface area contributed by atoms with Crippen molar-refractivity contribution in [3.8, 4) is 0 Å². The van der Waals surface area contributed by atoms with Crippen molar-refractivity contribution in [2.75, 3.05) is 20.1 Å². The predicted molar refractivity (Wildman–Crippen MR) is 79.8 cm³/mol. The van der Waals surface area contributed by atoms with Crippen LogP contribution in [-0.4, -0.2) is 56.8 Å². The Bertz CT molecular complexity index is 370. The lowest BCUT2D eigenvalue weighted by Crippen LogP contribution is -2.50. The third-order valence-corrected chi connectivity index (χ3v) is 5.77. The average Bonchev–Trinajstić information content (AvgIpc) is 2.30. The molecule has 0 aliphatic carbocycles. The van der Waals surface area contributed by atoms with Gasteiger partial charge in [-0.1, -0.05) is 13.8 Å². The van der Waals surface area contributed by atoms with Gasteiger partial charge in [0.05, 0.1) is 5.25 Å². The van der Waals surface area contributed by atoms with Crippen LogP contribution >= 0.6 is 0 Å². The first-order chi connectivity index (χ1) is 8.72. The first kappa shape index (κ1) is 16.9. The molecule has 0 amide bonds. The summed E-state index contributed by atoms with van der Waals surface area (Å²) in [5.74, 6) is 0. The normalized spacial score (nSPS) is 27.7. The predicted octanol–water partition coefficient (Wildman–Crippen LogP) is 0.775. The Morgan fingerprint density at radius 2 is 1.95 bits per heavy atom. The molecule has 0 spiro atoms. The van der Waals surface area contributed by atoms with Gasteiger partial charge in [0.2, 0.25) is 10.0 Å². The number of hydrogen-bond acceptors (Lipinski definition) is 4. The highest BCUT2D eigenvalue weighted by Gasteiger charge is 2.29. The summed E-state index contributed by atoms with van der Waals surface area (Å²) in [7, 11) is -1.14. The molecule has 1 aliphatic rings. The van der Waals surface area contributed by atoms with Crippen LogP contribution < -0.4 is 10.0 Å². The Balaban J connectivity index is 2.50. The molecular weight excluding hydrogens is 262 g/mol. The number of nitrogens with zero attached hydrogens (tertiary/aromatic N) is 1. The van der Waals surface area contributed by atoms with Crippen molar-refractivity contribution in [3.63, 3.8) is 0 Å². The summed E-state index contributed by atoms with van der Waals surface area (Å²) < 4.78 is 27.3. The van der Waals surface area contributed by atoms with Crippen LogP contribution in [-0.2, 0) is 10.0 Å². The van der Waals surface area contributed by atoms with E-state index in [0.29, 0.717) is 18.6 Å². The summed E-state index contributed by atoms with van der Waals surface area (Å²) in [5.41, 5.74) is 0. The third-order valence-electron chi connectivity index (χ3n) is 3.88. The van der Waals surface area contributed by atoms with Gasteiger partial charge >= 0.3 is 0 Å². The molecule has 1 saturated heterocycles. The van der Waals surface area contributed by atoms with E-state index < -0.39 is 15.3 Å². The molecule has 1 aliphatic heterocycles. The average molecular weight is 291 g/mol. The van der Waals surface area contributed by atoms with Crippen molar-refractivity contribution >= 4 is 10.0 Å². The molecule has 0 bridgehead atoms. The van der Waals surface area contributed by atoms with Crippen LogP contribution in [0.25, 0.3) is 0 Å². The van der Waals surface area contributed by atoms with Crippen molar-refractivity contribution in [1.82, 2.24) is 14.9 Å². The number of nitrogens with one attached hydrogen (secondary N) is 2. The van der Waals surface area contributed by atoms with Crippen LogP contribution in [0.5, 0.6) is 0 Å². The minimum absolute atomic E-state index is 0.0812. The fourth-order valence-electron chi connectivity index (χ4n) is 2.26. The maximum atomic E-state index is 12.2. The zero-order valence-corrected chi connectivity index (χ0v) is 13.6. The monoisotopic (exact) mass is 291 g/mol. The SMILES string of the molecule is CC(C)NCC(C)S(=O)(=O)NC1CCN(C)C(C)C1. The quantitative estimate of drug-likeness (QED) is 0.759. The molecule has 0 saturated carbocycles. The molecule has 1 rings (SSSR count). The second-order valence-electron chi connectivity index (χ2n) is 6.09. The highest BCUT2D eigenvalue weighted by atomic mass is 32.2. The third kappa shape index (κ3) is 5.38. The lowest BCUT2D eigenvalue weighted by atomic mass is 10.0. The molecule has 0 aromatic heterocycles. The van der Waals surface area contributed by atoms with Gasteiger partial charge in [-0.05, 0) is 40.3 Å². The van der Waals surface area contributed by atoms with Crippen molar-refractivity contribution < 1.29 is 8.42 Å². The number of piperidine rings is 1. The van der Waals surface area contributed by atoms with Crippen molar-refractivity contribution in [2.24, 2.45) is 0 Å². The smallest absolute Gasteiger partial charge is 0.215 e. The van der Waals surface area contributed by atoms with Crippen LogP contribution in [0.3, 0.4) is 0 Å². The summed E-state index contributed by atoms with van der Waals surface area (Å²) in [4.78, 5) is 2.27. The molecule has 3 atom stereocenters. The number of hydrogen-bond donors (Lipinski definition) is 2. The molecule has 19 heavy (non-hydrogen) atoms. The van der Waals surface area contributed by atoms with E-state index in [1.807, 2.05) is 13.8 Å². The van der Waals surface area contributed by atoms with Gasteiger partial charge in [0, 0.05) is 24.7 Å². The molecule has 6 heteroatoms. The van der Waals surface area contributed by atoms with Crippen LogP contribution in [0.2, 0.25) is 0 Å². The lowest BCUT2D eigenvalue weighted by Gasteiger charge is -2.35. The molecule has 0 aromatic rings. The highest BCUT2D eigenvalue weighted by molar-refractivity contribution is 7.90. The summed E-state index contributed by atoms with van der Waals surface area (Å²) in [5, 5.41) is 2.78. The molecule has 0 radical (unpaired) electrons. The first-order valence-electron chi connectivity index (χ1n) is 7.17. The topological polar surface area (TPSA) is 61.4 Å². The van der Waals surface area contributed by atoms with Gasteiger partial charge in [0.25, 0.3) is 0 Å². The second-order valence-corrected chi connectivity index (χ2v) is 8.22. The Morgan fingerprint density at radius 1 is 1.32 bits per heavy atom. The fraction of sp³-hybridized carbons (Fsp3) is 1.00. The highest BCUT2D eigenvalue weighted by Crippen LogP contribution is 2.16. The van der Waals surface area contributed by atoms with E-state index in [0.717, 1.165) is 19.4 Å². The van der Waals surface area contributed by atoms with Gasteiger partial charge in [-0.15, -0.1) is 0 Å². The molecule has 3 unspecified atom stereocenters. The van der Waals surface area contributed by atoms with Crippen LogP contribution in [0, 0.1) is 0 Å². The summed E-state index contributed by atoms with van der Waals surface area (Å²) in [6.07, 6.45) is 1.78.